The fourth-order valence-corrected chi connectivity index (χ4v) is 5.02. The molecule has 2 amide bonds. The van der Waals surface area contributed by atoms with Crippen LogP contribution in [0.15, 0.2) is 112 Å². The van der Waals surface area contributed by atoms with E-state index < -0.39 is 22.5 Å². The van der Waals surface area contributed by atoms with E-state index in [1.165, 1.54) is 31.7 Å². The minimum absolute atomic E-state index is 0.0458. The van der Waals surface area contributed by atoms with E-state index >= 15 is 0 Å². The number of methoxy groups -OCH3 is 1. The van der Waals surface area contributed by atoms with Gasteiger partial charge in [0.1, 0.15) is 23.8 Å². The fourth-order valence-electron chi connectivity index (χ4n) is 3.58. The average molecular weight is 577 g/mol. The number of ether oxygens (including phenoxy) is 2. The van der Waals surface area contributed by atoms with Crippen LogP contribution in [0.5, 0.6) is 11.5 Å². The zero-order valence-electron chi connectivity index (χ0n) is 22.1. The second-order valence-electron chi connectivity index (χ2n) is 8.53. The molecule has 12 heteroatoms. The summed E-state index contributed by atoms with van der Waals surface area (Å²) in [6.45, 7) is -0.400. The third-order valence-electron chi connectivity index (χ3n) is 5.67. The van der Waals surface area contributed by atoms with Gasteiger partial charge in [-0.15, -0.1) is 0 Å². The number of rotatable bonds is 13. The van der Waals surface area contributed by atoms with Gasteiger partial charge in [0.25, 0.3) is 21.8 Å². The van der Waals surface area contributed by atoms with Crippen molar-refractivity contribution in [3.8, 4) is 11.5 Å². The van der Waals surface area contributed by atoms with Gasteiger partial charge < -0.3 is 19.2 Å². The summed E-state index contributed by atoms with van der Waals surface area (Å²) in [5.41, 5.74) is 3.30. The number of carbonyl (C=O) groups excluding carboxylic acids is 2. The van der Waals surface area contributed by atoms with Crippen LogP contribution in [-0.2, 0) is 26.2 Å². The van der Waals surface area contributed by atoms with Crippen LogP contribution in [0, 0.1) is 0 Å². The van der Waals surface area contributed by atoms with Crippen molar-refractivity contribution in [1.29, 1.82) is 0 Å². The maximum Gasteiger partial charge on any atom is 0.264 e. The van der Waals surface area contributed by atoms with Crippen molar-refractivity contribution in [1.82, 2.24) is 10.7 Å². The Hall–Kier alpha value is -5.10. The summed E-state index contributed by atoms with van der Waals surface area (Å²) in [6.07, 6.45) is 2.93. The highest BCUT2D eigenvalue weighted by Crippen LogP contribution is 2.25. The number of sulfonamides is 1. The monoisotopic (exact) mass is 576 g/mol. The van der Waals surface area contributed by atoms with Gasteiger partial charge in [-0.2, -0.15) is 5.10 Å². The molecule has 0 aliphatic heterocycles. The van der Waals surface area contributed by atoms with E-state index in [-0.39, 0.29) is 24.0 Å². The van der Waals surface area contributed by atoms with Crippen LogP contribution in [0.2, 0.25) is 0 Å². The molecule has 0 unspecified atom stereocenters. The molecule has 4 rings (SSSR count). The van der Waals surface area contributed by atoms with E-state index in [1.54, 1.807) is 78.9 Å². The molecule has 0 saturated carbocycles. The van der Waals surface area contributed by atoms with Crippen molar-refractivity contribution < 1.29 is 31.9 Å². The number of furan rings is 1. The zero-order valence-corrected chi connectivity index (χ0v) is 22.9. The Morgan fingerprint density at radius 2 is 1.61 bits per heavy atom. The van der Waals surface area contributed by atoms with Gasteiger partial charge in [0.2, 0.25) is 0 Å². The molecule has 2 N–H and O–H groups in total. The van der Waals surface area contributed by atoms with E-state index in [2.05, 4.69) is 15.8 Å². The Bertz CT molecular complexity index is 1560. The summed E-state index contributed by atoms with van der Waals surface area (Å²) in [5, 5.41) is 6.63. The molecule has 0 radical (unpaired) electrons. The topological polar surface area (TPSA) is 140 Å². The van der Waals surface area contributed by atoms with Crippen LogP contribution in [0.1, 0.15) is 11.3 Å². The average Bonchev–Trinajstić information content (AvgIpc) is 3.53. The number of hydrogen-bond acceptors (Lipinski definition) is 8. The molecule has 0 bridgehead atoms. The molecule has 1 aromatic heterocycles. The van der Waals surface area contributed by atoms with E-state index in [0.717, 1.165) is 4.31 Å². The summed E-state index contributed by atoms with van der Waals surface area (Å²) in [6, 6.07) is 24.4. The lowest BCUT2D eigenvalue weighted by atomic mass is 10.2. The summed E-state index contributed by atoms with van der Waals surface area (Å²) >= 11 is 0. The molecule has 212 valence electrons. The lowest BCUT2D eigenvalue weighted by Crippen LogP contribution is -2.39. The van der Waals surface area contributed by atoms with E-state index in [0.29, 0.717) is 28.5 Å². The Kier molecular flexibility index (Phi) is 9.73. The molecule has 0 spiro atoms. The number of nitrogens with zero attached hydrogens (tertiary/aromatic N) is 2. The Morgan fingerprint density at radius 3 is 2.27 bits per heavy atom. The summed E-state index contributed by atoms with van der Waals surface area (Å²) in [4.78, 5) is 24.7. The molecule has 11 nitrogen and oxygen atoms in total. The minimum atomic E-state index is -4.04. The highest BCUT2D eigenvalue weighted by Gasteiger charge is 2.27. The first-order valence-corrected chi connectivity index (χ1v) is 13.8. The highest BCUT2D eigenvalue weighted by molar-refractivity contribution is 7.92. The Morgan fingerprint density at radius 1 is 0.902 bits per heavy atom. The van der Waals surface area contributed by atoms with Gasteiger partial charge in [-0.3, -0.25) is 13.9 Å². The molecular weight excluding hydrogens is 548 g/mol. The summed E-state index contributed by atoms with van der Waals surface area (Å²) in [7, 11) is -2.54. The molecule has 0 aliphatic carbocycles. The number of amides is 2. The Labute approximate surface area is 237 Å². The normalized spacial score (nSPS) is 11.1. The second-order valence-corrected chi connectivity index (χ2v) is 10.4. The SMILES string of the molecule is COc1ccc(N(CC(=O)N/N=C\c2ccc(OCC(=O)NCc3ccco3)cc2)S(=O)(=O)c2ccccc2)cc1. The van der Waals surface area contributed by atoms with Crippen LogP contribution in [0.4, 0.5) is 5.69 Å². The van der Waals surface area contributed by atoms with Crippen molar-refractivity contribution in [2.45, 2.75) is 11.4 Å². The minimum Gasteiger partial charge on any atom is -0.497 e. The van der Waals surface area contributed by atoms with E-state index in [4.69, 9.17) is 13.9 Å². The predicted molar refractivity (Wildman–Crippen MR) is 152 cm³/mol. The molecule has 4 aromatic rings. The number of carbonyl (C=O) groups is 2. The first-order valence-electron chi connectivity index (χ1n) is 12.4. The molecule has 0 aliphatic rings. The van der Waals surface area contributed by atoms with Crippen LogP contribution < -0.4 is 24.5 Å². The predicted octanol–water partition coefficient (Wildman–Crippen LogP) is 3.33. The van der Waals surface area contributed by atoms with Gasteiger partial charge in [0, 0.05) is 0 Å². The molecule has 0 fully saturated rings. The van der Waals surface area contributed by atoms with Crippen LogP contribution >= 0.6 is 0 Å². The number of nitrogens with one attached hydrogen (secondary N) is 2. The number of anilines is 1. The maximum atomic E-state index is 13.4. The van der Waals surface area contributed by atoms with Gasteiger partial charge in [-0.25, -0.2) is 13.8 Å². The molecule has 3 aromatic carbocycles. The van der Waals surface area contributed by atoms with Gasteiger partial charge in [0.15, 0.2) is 6.61 Å². The first kappa shape index (κ1) is 28.9. The quantitative estimate of drug-likeness (QED) is 0.184. The summed E-state index contributed by atoms with van der Waals surface area (Å²) < 4.78 is 43.5. The van der Waals surface area contributed by atoms with Crippen molar-refractivity contribution >= 4 is 33.7 Å². The summed E-state index contributed by atoms with van der Waals surface area (Å²) in [5.74, 6) is 0.718. The van der Waals surface area contributed by atoms with E-state index in [9.17, 15) is 18.0 Å². The smallest absolute Gasteiger partial charge is 0.264 e. The van der Waals surface area contributed by atoms with Crippen LogP contribution in [-0.4, -0.2) is 46.7 Å². The molecule has 0 saturated heterocycles. The van der Waals surface area contributed by atoms with Gasteiger partial charge >= 0.3 is 0 Å². The van der Waals surface area contributed by atoms with Gasteiger partial charge in [-0.05, 0) is 78.4 Å². The van der Waals surface area contributed by atoms with Crippen LogP contribution in [0.3, 0.4) is 0 Å². The standard InChI is InChI=1S/C29H28N4O7S/c1-38-24-15-11-23(12-16-24)33(41(36,37)27-7-3-2-4-8-27)20-28(34)32-31-18-22-9-13-25(14-10-22)40-21-29(35)30-19-26-6-5-17-39-26/h2-18H,19-21H2,1H3,(H,30,35)(H,32,34)/b31-18-. The van der Waals surface area contributed by atoms with Crippen molar-refractivity contribution in [2.75, 3.05) is 24.6 Å². The van der Waals surface area contributed by atoms with Gasteiger partial charge in [0.05, 0.1) is 36.7 Å². The highest BCUT2D eigenvalue weighted by atomic mass is 32.2. The molecule has 0 atom stereocenters. The third-order valence-corrected chi connectivity index (χ3v) is 7.46. The number of hydrazone groups is 1. The largest absolute Gasteiger partial charge is 0.497 e. The molecular formula is C29H28N4O7S. The number of benzene rings is 3. The zero-order chi connectivity index (χ0) is 29.1. The first-order chi connectivity index (χ1) is 19.8. The van der Waals surface area contributed by atoms with Crippen molar-refractivity contribution in [2.24, 2.45) is 5.10 Å². The fraction of sp³-hybridized carbons (Fsp3) is 0.138. The van der Waals surface area contributed by atoms with Gasteiger partial charge in [-0.1, -0.05) is 18.2 Å². The lowest BCUT2D eigenvalue weighted by molar-refractivity contribution is -0.123. The van der Waals surface area contributed by atoms with E-state index in [1.807, 2.05) is 0 Å². The number of hydrogen-bond donors (Lipinski definition) is 2. The van der Waals surface area contributed by atoms with Crippen LogP contribution in [0.25, 0.3) is 0 Å². The Balaban J connectivity index is 1.33. The van der Waals surface area contributed by atoms with Crippen molar-refractivity contribution in [3.05, 3.63) is 109 Å². The second kappa shape index (κ2) is 13.8. The molecule has 41 heavy (non-hydrogen) atoms. The lowest BCUT2D eigenvalue weighted by Gasteiger charge is -2.23. The molecule has 1 heterocycles. The third kappa shape index (κ3) is 8.19. The van der Waals surface area contributed by atoms with Crippen molar-refractivity contribution in [3.63, 3.8) is 0 Å². The maximum absolute atomic E-state index is 13.4.